The molecule has 0 aliphatic carbocycles. The summed E-state index contributed by atoms with van der Waals surface area (Å²) in [7, 11) is 0. The first-order valence-electron chi connectivity index (χ1n) is 15.6. The average molecular weight is 649 g/mol. The van der Waals surface area contributed by atoms with E-state index >= 15 is 0 Å². The summed E-state index contributed by atoms with van der Waals surface area (Å²) in [6, 6.07) is 52.4. The van der Waals surface area contributed by atoms with Gasteiger partial charge in [0.2, 0.25) is 0 Å². The summed E-state index contributed by atoms with van der Waals surface area (Å²) in [5.74, 6) is 0. The lowest BCUT2D eigenvalue weighted by atomic mass is 9.96. The molecule has 6 aromatic rings. The number of para-hydroxylation sites is 1. The highest BCUT2D eigenvalue weighted by Gasteiger charge is 2.13. The van der Waals surface area contributed by atoms with Crippen LogP contribution in [0.5, 0.6) is 0 Å². The molecule has 0 atom stereocenters. The molecular weight excluding hydrogens is 613 g/mol. The molecule has 230 valence electrons. The third-order valence-corrected chi connectivity index (χ3v) is 8.55. The molecule has 3 heteroatoms. The molecule has 0 bridgehead atoms. The van der Waals surface area contributed by atoms with Gasteiger partial charge in [-0.1, -0.05) is 156 Å². The maximum absolute atomic E-state index is 6.27. The molecule has 47 heavy (non-hydrogen) atoms. The van der Waals surface area contributed by atoms with E-state index in [-0.39, 0.29) is 0 Å². The first-order valence-corrected chi connectivity index (χ1v) is 16.4. The zero-order chi connectivity index (χ0) is 32.6. The van der Waals surface area contributed by atoms with Crippen molar-refractivity contribution in [2.45, 2.75) is 13.8 Å². The van der Waals surface area contributed by atoms with E-state index < -0.39 is 0 Å². The number of aryl methyl sites for hydroxylation is 2. The van der Waals surface area contributed by atoms with Crippen LogP contribution >= 0.6 is 23.2 Å². The molecule has 0 heterocycles. The second kappa shape index (κ2) is 15.0. The van der Waals surface area contributed by atoms with Crippen LogP contribution in [0.15, 0.2) is 170 Å². The standard InChI is InChI=1S/C44H35Cl2N/c1-32-11-17-35(18-12-32)43(36-19-13-33(2)14-20-36)10-6-7-34-15-29-42(30-16-34)47(41-8-4-3-5-9-41)31-44(37-21-25-39(45)26-22-37)38-23-27-40(46)28-24-38/h3-31H,1-2H3. The van der Waals surface area contributed by atoms with Gasteiger partial charge < -0.3 is 4.90 Å². The van der Waals surface area contributed by atoms with Crippen LogP contribution < -0.4 is 4.90 Å². The van der Waals surface area contributed by atoms with E-state index in [1.807, 2.05) is 30.3 Å². The minimum absolute atomic E-state index is 0.701. The van der Waals surface area contributed by atoms with E-state index in [2.05, 4.69) is 165 Å². The fourth-order valence-electron chi connectivity index (χ4n) is 5.42. The second-order valence-electron chi connectivity index (χ2n) is 11.5. The van der Waals surface area contributed by atoms with E-state index in [1.165, 1.54) is 27.8 Å². The van der Waals surface area contributed by atoms with Crippen molar-refractivity contribution < 1.29 is 0 Å². The van der Waals surface area contributed by atoms with Gasteiger partial charge in [0, 0.05) is 33.2 Å². The molecule has 0 saturated carbocycles. The van der Waals surface area contributed by atoms with Crippen LogP contribution in [0.25, 0.3) is 17.2 Å². The third-order valence-electron chi connectivity index (χ3n) is 8.05. The maximum atomic E-state index is 6.27. The van der Waals surface area contributed by atoms with Crippen molar-refractivity contribution in [1.29, 1.82) is 0 Å². The summed E-state index contributed by atoms with van der Waals surface area (Å²) in [6.07, 6.45) is 8.68. The van der Waals surface area contributed by atoms with E-state index in [4.69, 9.17) is 23.2 Å². The average Bonchev–Trinajstić information content (AvgIpc) is 3.10. The van der Waals surface area contributed by atoms with Crippen molar-refractivity contribution in [2.75, 3.05) is 4.90 Å². The Labute approximate surface area is 288 Å². The molecule has 1 nitrogen and oxygen atoms in total. The minimum atomic E-state index is 0.701. The highest BCUT2D eigenvalue weighted by Crippen LogP contribution is 2.33. The smallest absolute Gasteiger partial charge is 0.0456 e. The second-order valence-corrected chi connectivity index (χ2v) is 12.4. The molecule has 6 aromatic carbocycles. The number of benzene rings is 6. The van der Waals surface area contributed by atoms with Gasteiger partial charge in [0.1, 0.15) is 0 Å². The van der Waals surface area contributed by atoms with Crippen LogP contribution in [-0.4, -0.2) is 0 Å². The number of hydrogen-bond acceptors (Lipinski definition) is 1. The molecular formula is C44H35Cl2N. The van der Waals surface area contributed by atoms with E-state index in [0.29, 0.717) is 10.0 Å². The van der Waals surface area contributed by atoms with Gasteiger partial charge in [-0.3, -0.25) is 0 Å². The first kappa shape index (κ1) is 31.9. The third kappa shape index (κ3) is 8.20. The largest absolute Gasteiger partial charge is 0.317 e. The molecule has 0 radical (unpaired) electrons. The van der Waals surface area contributed by atoms with Gasteiger partial charge in [-0.15, -0.1) is 0 Å². The van der Waals surface area contributed by atoms with Crippen LogP contribution in [-0.2, 0) is 0 Å². The lowest BCUT2D eigenvalue weighted by Crippen LogP contribution is -2.10. The Morgan fingerprint density at radius 2 is 0.894 bits per heavy atom. The van der Waals surface area contributed by atoms with Gasteiger partial charge in [-0.25, -0.2) is 0 Å². The van der Waals surface area contributed by atoms with Gasteiger partial charge >= 0.3 is 0 Å². The molecule has 0 N–H and O–H groups in total. The van der Waals surface area contributed by atoms with E-state index in [0.717, 1.165) is 33.6 Å². The Hall–Kier alpha value is -5.08. The lowest BCUT2D eigenvalue weighted by Gasteiger charge is -2.23. The highest BCUT2D eigenvalue weighted by molar-refractivity contribution is 6.31. The van der Waals surface area contributed by atoms with Crippen molar-refractivity contribution in [3.05, 3.63) is 219 Å². The Bertz CT molecular complexity index is 1910. The molecule has 0 saturated heterocycles. The molecule has 0 fully saturated rings. The zero-order valence-electron chi connectivity index (χ0n) is 26.4. The van der Waals surface area contributed by atoms with Crippen molar-refractivity contribution >= 4 is 51.8 Å². The van der Waals surface area contributed by atoms with Gasteiger partial charge in [-0.2, -0.15) is 0 Å². The molecule has 6 rings (SSSR count). The Morgan fingerprint density at radius 3 is 1.38 bits per heavy atom. The summed E-state index contributed by atoms with van der Waals surface area (Å²) in [5, 5.41) is 1.40. The van der Waals surface area contributed by atoms with Gasteiger partial charge in [0.05, 0.1) is 0 Å². The van der Waals surface area contributed by atoms with Crippen LogP contribution in [0.3, 0.4) is 0 Å². The molecule has 0 aliphatic heterocycles. The molecule has 0 amide bonds. The fourth-order valence-corrected chi connectivity index (χ4v) is 5.67. The van der Waals surface area contributed by atoms with Gasteiger partial charge in [0.15, 0.2) is 0 Å². The number of halogens is 2. The summed E-state index contributed by atoms with van der Waals surface area (Å²) < 4.78 is 0. The Balaban J connectivity index is 1.35. The van der Waals surface area contributed by atoms with Crippen LogP contribution in [0.1, 0.15) is 38.9 Å². The SMILES string of the molecule is Cc1ccc(C(=CC=Cc2ccc(N(C=C(c3ccc(Cl)cc3)c3ccc(Cl)cc3)c3ccccc3)cc2)c2ccc(C)cc2)cc1. The number of allylic oxidation sites excluding steroid dienone is 2. The Morgan fingerprint density at radius 1 is 0.468 bits per heavy atom. The van der Waals surface area contributed by atoms with Crippen molar-refractivity contribution in [3.63, 3.8) is 0 Å². The number of rotatable bonds is 9. The zero-order valence-corrected chi connectivity index (χ0v) is 28.0. The van der Waals surface area contributed by atoms with E-state index in [1.54, 1.807) is 0 Å². The minimum Gasteiger partial charge on any atom is -0.317 e. The summed E-state index contributed by atoms with van der Waals surface area (Å²) in [5.41, 5.74) is 12.5. The van der Waals surface area contributed by atoms with Crippen LogP contribution in [0.2, 0.25) is 10.0 Å². The summed E-state index contributed by atoms with van der Waals surface area (Å²) in [6.45, 7) is 4.24. The van der Waals surface area contributed by atoms with Gasteiger partial charge in [0.25, 0.3) is 0 Å². The monoisotopic (exact) mass is 647 g/mol. The predicted octanol–water partition coefficient (Wildman–Crippen LogP) is 13.0. The Kier molecular flexibility index (Phi) is 10.2. The molecule has 0 unspecified atom stereocenters. The normalized spacial score (nSPS) is 10.9. The molecule has 0 aromatic heterocycles. The van der Waals surface area contributed by atoms with Gasteiger partial charge in [-0.05, 0) is 95.8 Å². The fraction of sp³-hybridized carbons (Fsp3) is 0.0455. The molecule has 0 spiro atoms. The van der Waals surface area contributed by atoms with Crippen molar-refractivity contribution in [1.82, 2.24) is 0 Å². The summed E-state index contributed by atoms with van der Waals surface area (Å²) in [4.78, 5) is 2.22. The lowest BCUT2D eigenvalue weighted by molar-refractivity contribution is 1.28. The maximum Gasteiger partial charge on any atom is 0.0456 e. The number of anilines is 2. The molecule has 0 aliphatic rings. The highest BCUT2D eigenvalue weighted by atomic mass is 35.5. The van der Waals surface area contributed by atoms with Crippen LogP contribution in [0, 0.1) is 13.8 Å². The van der Waals surface area contributed by atoms with Crippen molar-refractivity contribution in [2.24, 2.45) is 0 Å². The predicted molar refractivity (Wildman–Crippen MR) is 203 cm³/mol. The number of nitrogens with zero attached hydrogens (tertiary/aromatic N) is 1. The van der Waals surface area contributed by atoms with Crippen molar-refractivity contribution in [3.8, 4) is 0 Å². The number of hydrogen-bond donors (Lipinski definition) is 0. The summed E-state index contributed by atoms with van der Waals surface area (Å²) >= 11 is 12.5. The van der Waals surface area contributed by atoms with Crippen LogP contribution in [0.4, 0.5) is 11.4 Å². The topological polar surface area (TPSA) is 3.24 Å². The first-order chi connectivity index (χ1) is 22.9. The quantitative estimate of drug-likeness (QED) is 0.141. The van der Waals surface area contributed by atoms with E-state index in [9.17, 15) is 0 Å².